The first-order valence-electron chi connectivity index (χ1n) is 10.5. The van der Waals surface area contributed by atoms with Gasteiger partial charge in [-0.15, -0.1) is 0 Å². The molecule has 0 atom stereocenters. The van der Waals surface area contributed by atoms with E-state index in [0.29, 0.717) is 5.92 Å². The van der Waals surface area contributed by atoms with Gasteiger partial charge >= 0.3 is 0 Å². The van der Waals surface area contributed by atoms with Gasteiger partial charge in [0, 0.05) is 43.3 Å². The molecule has 1 aromatic carbocycles. The number of benzene rings is 1. The van der Waals surface area contributed by atoms with E-state index < -0.39 is 0 Å². The predicted molar refractivity (Wildman–Crippen MR) is 111 cm³/mol. The fraction of sp³-hybridized carbons (Fsp3) is 0.435. The third-order valence-corrected chi connectivity index (χ3v) is 6.49. The molecular weight excluding hydrogens is 364 g/mol. The van der Waals surface area contributed by atoms with Gasteiger partial charge in [-0.2, -0.15) is 0 Å². The topological polar surface area (TPSA) is 62.5 Å². The highest BCUT2D eigenvalue weighted by atomic mass is 16.5. The number of nitrogens with zero attached hydrogens (tertiary/aromatic N) is 4. The van der Waals surface area contributed by atoms with E-state index in [9.17, 15) is 4.79 Å². The molecule has 2 aromatic heterocycles. The number of aromatic nitrogens is 2. The maximum atomic E-state index is 12.8. The summed E-state index contributed by atoms with van der Waals surface area (Å²) in [6.45, 7) is 6.61. The molecule has 4 heterocycles. The number of carbonyl (C=O) groups is 1. The van der Waals surface area contributed by atoms with Crippen molar-refractivity contribution in [2.45, 2.75) is 32.1 Å². The van der Waals surface area contributed by atoms with E-state index in [1.165, 1.54) is 5.56 Å². The van der Waals surface area contributed by atoms with Gasteiger partial charge < -0.3 is 14.3 Å². The normalized spacial score (nSPS) is 18.4. The van der Waals surface area contributed by atoms with Crippen molar-refractivity contribution < 1.29 is 9.32 Å². The molecule has 5 rings (SSSR count). The largest absolute Gasteiger partial charge is 0.356 e. The Labute approximate surface area is 170 Å². The average Bonchev–Trinajstić information content (AvgIpc) is 3.18. The Morgan fingerprint density at radius 2 is 1.93 bits per heavy atom. The fourth-order valence-electron chi connectivity index (χ4n) is 4.73. The van der Waals surface area contributed by atoms with Crippen LogP contribution in [0.2, 0.25) is 0 Å². The number of hydrogen-bond acceptors (Lipinski definition) is 5. The summed E-state index contributed by atoms with van der Waals surface area (Å²) in [6.07, 6.45) is 6.66. The number of carbonyl (C=O) groups excluding carboxylic acids is 1. The molecule has 3 aromatic rings. The summed E-state index contributed by atoms with van der Waals surface area (Å²) >= 11 is 0. The van der Waals surface area contributed by atoms with E-state index in [-0.39, 0.29) is 5.91 Å². The molecule has 0 N–H and O–H groups in total. The molecule has 0 bridgehead atoms. The van der Waals surface area contributed by atoms with E-state index >= 15 is 0 Å². The van der Waals surface area contributed by atoms with Crippen LogP contribution < -0.4 is 0 Å². The van der Waals surface area contributed by atoms with Crippen molar-refractivity contribution in [1.82, 2.24) is 19.9 Å². The summed E-state index contributed by atoms with van der Waals surface area (Å²) in [5, 5.41) is 5.50. The second-order valence-corrected chi connectivity index (χ2v) is 8.20. The molecule has 150 valence electrons. The molecule has 0 saturated carbocycles. The third-order valence-electron chi connectivity index (χ3n) is 6.49. The van der Waals surface area contributed by atoms with Crippen LogP contribution in [0.5, 0.6) is 0 Å². The van der Waals surface area contributed by atoms with Crippen molar-refractivity contribution in [2.24, 2.45) is 0 Å². The zero-order valence-corrected chi connectivity index (χ0v) is 16.8. The lowest BCUT2D eigenvalue weighted by Gasteiger charge is -2.34. The maximum Gasteiger partial charge on any atom is 0.255 e. The van der Waals surface area contributed by atoms with Gasteiger partial charge in [0.1, 0.15) is 0 Å². The van der Waals surface area contributed by atoms with Crippen LogP contribution in [0.1, 0.15) is 45.9 Å². The van der Waals surface area contributed by atoms with E-state index in [4.69, 9.17) is 4.52 Å². The number of rotatable bonds is 4. The summed E-state index contributed by atoms with van der Waals surface area (Å²) in [4.78, 5) is 21.5. The Morgan fingerprint density at radius 1 is 1.10 bits per heavy atom. The summed E-state index contributed by atoms with van der Waals surface area (Å²) in [5.74, 6) is 0.582. The lowest BCUT2D eigenvalue weighted by Crippen LogP contribution is -2.44. The molecule has 0 radical (unpaired) electrons. The smallest absolute Gasteiger partial charge is 0.255 e. The van der Waals surface area contributed by atoms with Crippen LogP contribution in [-0.4, -0.2) is 58.6 Å². The molecule has 2 aliphatic rings. The Bertz CT molecular complexity index is 1040. The van der Waals surface area contributed by atoms with Crippen molar-refractivity contribution in [1.29, 1.82) is 0 Å². The van der Waals surface area contributed by atoms with E-state index in [2.05, 4.69) is 21.1 Å². The van der Waals surface area contributed by atoms with Gasteiger partial charge in [-0.3, -0.25) is 9.78 Å². The molecular formula is C23H26N4O2. The number of piperidine rings is 1. The SMILES string of the molecule is Cc1cncc2c1CCN(CCN1CCC(c3noc4ccccc34)CC1)C2=O. The highest BCUT2D eigenvalue weighted by molar-refractivity contribution is 5.96. The van der Waals surface area contributed by atoms with Crippen LogP contribution in [0.4, 0.5) is 0 Å². The number of likely N-dealkylation sites (tertiary alicyclic amines) is 1. The minimum absolute atomic E-state index is 0.131. The highest BCUT2D eigenvalue weighted by Gasteiger charge is 2.28. The van der Waals surface area contributed by atoms with Crippen LogP contribution in [0, 0.1) is 6.92 Å². The van der Waals surface area contributed by atoms with Crippen LogP contribution in [0.25, 0.3) is 11.0 Å². The van der Waals surface area contributed by atoms with Crippen molar-refractivity contribution in [3.05, 3.63) is 59.0 Å². The minimum Gasteiger partial charge on any atom is -0.356 e. The second kappa shape index (κ2) is 7.59. The Morgan fingerprint density at radius 3 is 2.79 bits per heavy atom. The van der Waals surface area contributed by atoms with Crippen LogP contribution in [0.15, 0.2) is 41.2 Å². The first-order chi connectivity index (χ1) is 14.2. The molecule has 6 heteroatoms. The van der Waals surface area contributed by atoms with Gasteiger partial charge in [-0.1, -0.05) is 17.3 Å². The molecule has 0 unspecified atom stereocenters. The van der Waals surface area contributed by atoms with Crippen molar-refractivity contribution >= 4 is 16.9 Å². The van der Waals surface area contributed by atoms with Crippen LogP contribution in [-0.2, 0) is 6.42 Å². The first kappa shape index (κ1) is 18.3. The molecule has 0 spiro atoms. The maximum absolute atomic E-state index is 12.8. The highest BCUT2D eigenvalue weighted by Crippen LogP contribution is 2.32. The van der Waals surface area contributed by atoms with Crippen molar-refractivity contribution in [2.75, 3.05) is 32.7 Å². The van der Waals surface area contributed by atoms with Crippen LogP contribution >= 0.6 is 0 Å². The van der Waals surface area contributed by atoms with Gasteiger partial charge in [0.25, 0.3) is 5.91 Å². The Balaban J connectivity index is 1.17. The van der Waals surface area contributed by atoms with Gasteiger partial charge in [0.2, 0.25) is 0 Å². The van der Waals surface area contributed by atoms with Crippen molar-refractivity contribution in [3.8, 4) is 0 Å². The first-order valence-corrected chi connectivity index (χ1v) is 10.5. The molecule has 1 saturated heterocycles. The second-order valence-electron chi connectivity index (χ2n) is 8.20. The molecule has 6 nitrogen and oxygen atoms in total. The van der Waals surface area contributed by atoms with Crippen LogP contribution in [0.3, 0.4) is 0 Å². The van der Waals surface area contributed by atoms with Crippen molar-refractivity contribution in [3.63, 3.8) is 0 Å². The Kier molecular flexibility index (Phi) is 4.79. The van der Waals surface area contributed by atoms with E-state index in [1.807, 2.05) is 36.2 Å². The van der Waals surface area contributed by atoms with Gasteiger partial charge in [0.15, 0.2) is 5.58 Å². The van der Waals surface area contributed by atoms with Gasteiger partial charge in [0.05, 0.1) is 11.3 Å². The third kappa shape index (κ3) is 3.42. The molecule has 0 aliphatic carbocycles. The quantitative estimate of drug-likeness (QED) is 0.683. The predicted octanol–water partition coefficient (Wildman–Crippen LogP) is 3.41. The summed E-state index contributed by atoms with van der Waals surface area (Å²) < 4.78 is 5.49. The Hall–Kier alpha value is -2.73. The van der Waals surface area contributed by atoms with Gasteiger partial charge in [-0.05, 0) is 62.5 Å². The molecule has 29 heavy (non-hydrogen) atoms. The minimum atomic E-state index is 0.131. The number of aryl methyl sites for hydroxylation is 1. The number of pyridine rings is 1. The zero-order valence-electron chi connectivity index (χ0n) is 16.8. The van der Waals surface area contributed by atoms with E-state index in [0.717, 1.165) is 79.8 Å². The van der Waals surface area contributed by atoms with E-state index in [1.54, 1.807) is 6.20 Å². The molecule has 1 amide bonds. The number of hydrogen-bond donors (Lipinski definition) is 0. The lowest BCUT2D eigenvalue weighted by molar-refractivity contribution is 0.0709. The summed E-state index contributed by atoms with van der Waals surface area (Å²) in [7, 11) is 0. The summed E-state index contributed by atoms with van der Waals surface area (Å²) in [5.41, 5.74) is 5.05. The standard InChI is InChI=1S/C23H26N4O2/c1-16-14-24-15-20-18(16)8-11-27(23(20)28)13-12-26-9-6-17(7-10-26)22-19-4-2-3-5-21(19)29-25-22/h2-5,14-15,17H,6-13H2,1H3. The zero-order chi connectivity index (χ0) is 19.8. The number of para-hydroxylation sites is 1. The average molecular weight is 390 g/mol. The monoisotopic (exact) mass is 390 g/mol. The lowest BCUT2D eigenvalue weighted by atomic mass is 9.91. The molecule has 2 aliphatic heterocycles. The van der Waals surface area contributed by atoms with Gasteiger partial charge in [-0.25, -0.2) is 0 Å². The number of amides is 1. The summed E-state index contributed by atoms with van der Waals surface area (Å²) in [6, 6.07) is 8.11. The molecule has 1 fully saturated rings. The number of fused-ring (bicyclic) bond motifs is 2. The fourth-order valence-corrected chi connectivity index (χ4v) is 4.73.